The van der Waals surface area contributed by atoms with Crippen molar-refractivity contribution in [3.05, 3.63) is 95.1 Å². The number of aromatic nitrogens is 2. The van der Waals surface area contributed by atoms with Crippen LogP contribution in [-0.4, -0.2) is 110 Å². The number of hydrogen-bond acceptors (Lipinski definition) is 12. The van der Waals surface area contributed by atoms with E-state index in [0.717, 1.165) is 40.9 Å². The van der Waals surface area contributed by atoms with Gasteiger partial charge in [0.15, 0.2) is 27.2 Å². The van der Waals surface area contributed by atoms with Crippen molar-refractivity contribution in [2.75, 3.05) is 67.1 Å². The highest BCUT2D eigenvalue weighted by atomic mass is 32.2. The van der Waals surface area contributed by atoms with Crippen molar-refractivity contribution >= 4 is 61.8 Å². The number of nitrogens with zero attached hydrogens (tertiary/aromatic N) is 5. The number of pyridine rings is 1. The molecule has 2 amide bonds. The number of urea groups is 1. The summed E-state index contributed by atoms with van der Waals surface area (Å²) >= 11 is 1.59. The molecule has 13 nitrogen and oxygen atoms in total. The number of anilines is 2. The molecule has 0 saturated carbocycles. The lowest BCUT2D eigenvalue weighted by Crippen LogP contribution is -2.44. The number of rotatable bonds is 11. The smallest absolute Gasteiger partial charge is 0.321 e. The van der Waals surface area contributed by atoms with Gasteiger partial charge in [0.25, 0.3) is 0 Å². The summed E-state index contributed by atoms with van der Waals surface area (Å²) in [5.74, 6) is 1.94. The molecule has 2 saturated heterocycles. The summed E-state index contributed by atoms with van der Waals surface area (Å²) in [4.78, 5) is 73.9. The van der Waals surface area contributed by atoms with E-state index in [1.807, 2.05) is 148 Å². The first kappa shape index (κ1) is 57.2. The Balaban J connectivity index is 0.000000241. The molecular weight excluding hydrogens is 897 g/mol. The molecule has 0 aliphatic carbocycles. The lowest BCUT2D eigenvalue weighted by atomic mass is 9.86. The van der Waals surface area contributed by atoms with Gasteiger partial charge < -0.3 is 10.2 Å². The molecule has 1 N–H and O–H groups in total. The highest BCUT2D eigenvalue weighted by Gasteiger charge is 2.29. The average Bonchev–Trinajstić information content (AvgIpc) is 3.93. The van der Waals surface area contributed by atoms with Crippen LogP contribution in [0.3, 0.4) is 0 Å². The number of Topliss-reactive ketones (excluding diaryl/α,β-unsaturated/α-hetero) is 4. The molecule has 4 aromatic rings. The van der Waals surface area contributed by atoms with Crippen LogP contribution in [0.2, 0.25) is 0 Å². The molecule has 0 radical (unpaired) electrons. The molecule has 0 spiro atoms. The van der Waals surface area contributed by atoms with Gasteiger partial charge in [-0.2, -0.15) is 0 Å². The van der Waals surface area contributed by atoms with Crippen molar-refractivity contribution in [3.63, 3.8) is 0 Å². The quantitative estimate of drug-likeness (QED) is 0.142. The van der Waals surface area contributed by atoms with Crippen LogP contribution in [0.4, 0.5) is 16.3 Å². The fourth-order valence-corrected chi connectivity index (χ4v) is 8.61. The van der Waals surface area contributed by atoms with E-state index in [4.69, 9.17) is 0 Å². The number of amides is 2. The standard InChI is InChI=1S/C15H17NOS.C14H18N2O2.C14H22N2O.C10H19NO3S/c1-15(2,3)13(17)9-12-10-18-14(16-12)11-7-5-4-6-8-11;1-14(2,3)12(17)10-4-6-11(7-5-10)16-9-8-15-13(16)18;1-6-16(7-2)12-9-8-11(10-15-12)13(17)14(3,4)5;1-10(2,3)9(12)8-11-4-6-15(13,14)7-5-11/h4-8,10H,9H2,1-3H3;4-7H,8-9H2,1-3H3,(H,15,18);8-10H,6-7H2,1-5H3;4-8H2,1-3H3. The van der Waals surface area contributed by atoms with Crippen molar-refractivity contribution in [3.8, 4) is 10.6 Å². The van der Waals surface area contributed by atoms with Crippen LogP contribution >= 0.6 is 11.3 Å². The molecule has 6 rings (SSSR count). The minimum absolute atomic E-state index is 0.0788. The van der Waals surface area contributed by atoms with Crippen LogP contribution in [0, 0.1) is 21.7 Å². The van der Waals surface area contributed by atoms with E-state index in [1.54, 1.807) is 34.6 Å². The molecular formula is C53H76N6O7S2. The van der Waals surface area contributed by atoms with Gasteiger partial charge in [-0.25, -0.2) is 23.2 Å². The van der Waals surface area contributed by atoms with E-state index < -0.39 is 9.84 Å². The number of ketones is 4. The van der Waals surface area contributed by atoms with Crippen LogP contribution < -0.4 is 15.1 Å². The monoisotopic (exact) mass is 973 g/mol. The number of carbonyl (C=O) groups excluding carboxylic acids is 5. The first-order valence-corrected chi connectivity index (χ1v) is 26.1. The zero-order valence-electron chi connectivity index (χ0n) is 43.0. The molecule has 0 unspecified atom stereocenters. The Morgan fingerprint density at radius 2 is 1.22 bits per heavy atom. The van der Waals surface area contributed by atoms with Crippen LogP contribution in [0.1, 0.15) is 123 Å². The maximum Gasteiger partial charge on any atom is 0.321 e. The zero-order chi connectivity index (χ0) is 51.3. The van der Waals surface area contributed by atoms with Crippen molar-refractivity contribution in [1.82, 2.24) is 20.2 Å². The van der Waals surface area contributed by atoms with Crippen molar-refractivity contribution in [1.29, 1.82) is 0 Å². The Morgan fingerprint density at radius 1 is 0.691 bits per heavy atom. The molecule has 0 bridgehead atoms. The molecule has 2 aromatic heterocycles. The van der Waals surface area contributed by atoms with Gasteiger partial charge >= 0.3 is 6.03 Å². The Hall–Kier alpha value is -5.12. The number of carbonyl (C=O) groups is 5. The van der Waals surface area contributed by atoms with Gasteiger partial charge in [0.2, 0.25) is 0 Å². The molecule has 0 atom stereocenters. The summed E-state index contributed by atoms with van der Waals surface area (Å²) in [5, 5.41) is 5.71. The molecule has 2 aliphatic rings. The third-order valence-electron chi connectivity index (χ3n) is 11.1. The van der Waals surface area contributed by atoms with Gasteiger partial charge in [-0.1, -0.05) is 113 Å². The maximum atomic E-state index is 12.1. The fourth-order valence-electron chi connectivity index (χ4n) is 6.51. The van der Waals surface area contributed by atoms with E-state index in [9.17, 15) is 32.4 Å². The van der Waals surface area contributed by atoms with Gasteiger partial charge in [-0.05, 0) is 50.2 Å². The first-order chi connectivity index (χ1) is 31.5. The molecule has 2 aromatic carbocycles. The Labute approximate surface area is 410 Å². The number of nitrogens with one attached hydrogen (secondary N) is 1. The molecule has 68 heavy (non-hydrogen) atoms. The van der Waals surface area contributed by atoms with E-state index >= 15 is 0 Å². The molecule has 2 aliphatic heterocycles. The van der Waals surface area contributed by atoms with Gasteiger partial charge in [-0.15, -0.1) is 11.3 Å². The minimum Gasteiger partial charge on any atom is -0.357 e. The topological polar surface area (TPSA) is 167 Å². The number of thiazole rings is 1. The lowest BCUT2D eigenvalue weighted by Gasteiger charge is -2.28. The summed E-state index contributed by atoms with van der Waals surface area (Å²) in [5.41, 5.74) is 2.82. The SMILES string of the molecule is CC(C)(C)C(=O)CN1CCS(=O)(=O)CC1.CC(C)(C)C(=O)Cc1csc(-c2ccccc2)n1.CC(C)(C)C(=O)c1ccc(N2CCNC2=O)cc1.CCN(CC)c1ccc(C(=O)C(C)(C)C)cn1. The van der Waals surface area contributed by atoms with Crippen LogP contribution in [0.15, 0.2) is 78.3 Å². The Morgan fingerprint density at radius 3 is 1.68 bits per heavy atom. The second-order valence-electron chi connectivity index (χ2n) is 21.1. The maximum absolute atomic E-state index is 12.1. The van der Waals surface area contributed by atoms with Crippen molar-refractivity contribution in [2.24, 2.45) is 21.7 Å². The molecule has 15 heteroatoms. The number of benzene rings is 2. The van der Waals surface area contributed by atoms with E-state index in [0.29, 0.717) is 50.3 Å². The lowest BCUT2D eigenvalue weighted by molar-refractivity contribution is -0.127. The third kappa shape index (κ3) is 18.1. The van der Waals surface area contributed by atoms with Crippen LogP contribution in [-0.2, 0) is 25.8 Å². The zero-order valence-corrected chi connectivity index (χ0v) is 44.6. The summed E-state index contributed by atoms with van der Waals surface area (Å²) < 4.78 is 22.3. The van der Waals surface area contributed by atoms with E-state index in [-0.39, 0.29) is 62.3 Å². The highest BCUT2D eigenvalue weighted by Crippen LogP contribution is 2.27. The van der Waals surface area contributed by atoms with E-state index in [1.165, 1.54) is 0 Å². The number of hydrogen-bond donors (Lipinski definition) is 1. The summed E-state index contributed by atoms with van der Waals surface area (Å²) in [6, 6.07) is 21.0. The van der Waals surface area contributed by atoms with Gasteiger partial charge in [0.1, 0.15) is 16.6 Å². The van der Waals surface area contributed by atoms with Gasteiger partial charge in [0.05, 0.1) is 30.2 Å². The molecule has 372 valence electrons. The Bertz CT molecular complexity index is 2390. The fraction of sp³-hybridized carbons (Fsp3) is 0.528. The summed E-state index contributed by atoms with van der Waals surface area (Å²) in [7, 11) is -2.84. The van der Waals surface area contributed by atoms with Crippen LogP contribution in [0.25, 0.3) is 10.6 Å². The predicted molar refractivity (Wildman–Crippen MR) is 278 cm³/mol. The normalized spacial score (nSPS) is 15.0. The van der Waals surface area contributed by atoms with Gasteiger partial charge in [-0.3, -0.25) is 29.0 Å². The second kappa shape index (κ2) is 24.4. The largest absolute Gasteiger partial charge is 0.357 e. The minimum atomic E-state index is -2.84. The molecule has 2 fully saturated rings. The van der Waals surface area contributed by atoms with Crippen LogP contribution in [0.5, 0.6) is 0 Å². The second-order valence-corrected chi connectivity index (χ2v) is 24.3. The van der Waals surface area contributed by atoms with Gasteiger partial charge in [0, 0.05) is 94.9 Å². The highest BCUT2D eigenvalue weighted by molar-refractivity contribution is 7.91. The third-order valence-corrected chi connectivity index (χ3v) is 13.7. The first-order valence-electron chi connectivity index (χ1n) is 23.4. The summed E-state index contributed by atoms with van der Waals surface area (Å²) in [6.07, 6.45) is 2.11. The Kier molecular flexibility index (Phi) is 20.6. The van der Waals surface area contributed by atoms with E-state index in [2.05, 4.69) is 34.0 Å². The number of sulfone groups is 1. The van der Waals surface area contributed by atoms with Crippen molar-refractivity contribution < 1.29 is 32.4 Å². The summed E-state index contributed by atoms with van der Waals surface area (Å²) in [6.45, 7) is 31.7. The average molecular weight is 973 g/mol. The van der Waals surface area contributed by atoms with Crippen molar-refractivity contribution in [2.45, 2.75) is 103 Å². The molecule has 4 heterocycles. The predicted octanol–water partition coefficient (Wildman–Crippen LogP) is 9.90.